The zero-order valence-corrected chi connectivity index (χ0v) is 13.7. The molecule has 21 heavy (non-hydrogen) atoms. The third-order valence-electron chi connectivity index (χ3n) is 4.59. The minimum Gasteiger partial charge on any atom is -0.392 e. The van der Waals surface area contributed by atoms with Crippen molar-refractivity contribution < 1.29 is 5.11 Å². The summed E-state index contributed by atoms with van der Waals surface area (Å²) < 4.78 is 0. The molecule has 2 rings (SSSR count). The minimum atomic E-state index is -0.221. The lowest BCUT2D eigenvalue weighted by Crippen LogP contribution is -2.53. The fourth-order valence-electron chi connectivity index (χ4n) is 3.25. The Morgan fingerprint density at radius 2 is 1.90 bits per heavy atom. The second kappa shape index (κ2) is 7.92. The van der Waals surface area contributed by atoms with Crippen molar-refractivity contribution in [2.45, 2.75) is 45.3 Å². The number of hydrogen-bond acceptors (Lipinski definition) is 3. The molecule has 1 aliphatic heterocycles. The highest BCUT2D eigenvalue weighted by Crippen LogP contribution is 2.20. The average molecular weight is 290 g/mol. The summed E-state index contributed by atoms with van der Waals surface area (Å²) in [5, 5.41) is 9.50. The second-order valence-electron chi connectivity index (χ2n) is 6.59. The van der Waals surface area contributed by atoms with Gasteiger partial charge in [-0.15, -0.1) is 0 Å². The second-order valence-corrected chi connectivity index (χ2v) is 6.59. The number of piperazine rings is 1. The van der Waals surface area contributed by atoms with Crippen LogP contribution in [0.1, 0.15) is 38.7 Å². The molecule has 1 aliphatic rings. The largest absolute Gasteiger partial charge is 0.392 e. The van der Waals surface area contributed by atoms with Crippen molar-refractivity contribution in [3.8, 4) is 0 Å². The van der Waals surface area contributed by atoms with Gasteiger partial charge in [-0.2, -0.15) is 0 Å². The minimum absolute atomic E-state index is 0.221. The molecule has 1 heterocycles. The fourth-order valence-corrected chi connectivity index (χ4v) is 3.25. The molecule has 1 N–H and O–H groups in total. The number of rotatable bonds is 6. The van der Waals surface area contributed by atoms with E-state index in [9.17, 15) is 5.11 Å². The zero-order chi connectivity index (χ0) is 15.2. The summed E-state index contributed by atoms with van der Waals surface area (Å²) in [6, 6.07) is 11.4. The molecule has 3 nitrogen and oxygen atoms in total. The maximum Gasteiger partial charge on any atom is 0.0639 e. The van der Waals surface area contributed by atoms with Crippen LogP contribution in [-0.2, 0) is 0 Å². The van der Waals surface area contributed by atoms with Crippen LogP contribution in [0.5, 0.6) is 0 Å². The van der Waals surface area contributed by atoms with Crippen molar-refractivity contribution in [2.24, 2.45) is 0 Å². The van der Waals surface area contributed by atoms with E-state index in [1.54, 1.807) is 0 Å². The van der Waals surface area contributed by atoms with Crippen molar-refractivity contribution in [3.63, 3.8) is 0 Å². The van der Waals surface area contributed by atoms with Crippen LogP contribution in [0.25, 0.3) is 0 Å². The normalized spacial score (nSPS) is 23.9. The molecule has 0 unspecified atom stereocenters. The third-order valence-corrected chi connectivity index (χ3v) is 4.59. The lowest BCUT2D eigenvalue weighted by atomic mass is 9.97. The molecule has 3 heteroatoms. The Hall–Kier alpha value is -0.900. The molecule has 0 aromatic heterocycles. The van der Waals surface area contributed by atoms with Crippen LogP contribution in [0.2, 0.25) is 0 Å². The van der Waals surface area contributed by atoms with Gasteiger partial charge in [0.1, 0.15) is 0 Å². The Labute approximate surface area is 129 Å². The molecule has 0 radical (unpaired) electrons. The van der Waals surface area contributed by atoms with Gasteiger partial charge in [-0.05, 0) is 38.3 Å². The molecule has 1 fully saturated rings. The smallest absolute Gasteiger partial charge is 0.0639 e. The molecule has 0 aliphatic carbocycles. The topological polar surface area (TPSA) is 26.7 Å². The standard InChI is InChI=1S/C18H30N2O/c1-15(18-7-5-4-6-8-18)9-10-20-12-11-19(13-16(20)2)14-17(3)21/h4-8,15-17,21H,9-14H2,1-3H3/t15-,16-,17-/m0/s1. The Morgan fingerprint density at radius 1 is 1.19 bits per heavy atom. The van der Waals surface area contributed by atoms with Crippen LogP contribution in [-0.4, -0.2) is 59.8 Å². The number of β-amino-alcohol motifs (C(OH)–C–C–N with tert-alkyl or cyclic N) is 1. The van der Waals surface area contributed by atoms with Crippen molar-refractivity contribution >= 4 is 0 Å². The summed E-state index contributed by atoms with van der Waals surface area (Å²) in [4.78, 5) is 4.98. The van der Waals surface area contributed by atoms with Gasteiger partial charge in [0.05, 0.1) is 6.10 Å². The van der Waals surface area contributed by atoms with Crippen LogP contribution in [0.3, 0.4) is 0 Å². The van der Waals surface area contributed by atoms with Gasteiger partial charge in [0.15, 0.2) is 0 Å². The highest BCUT2D eigenvalue weighted by atomic mass is 16.3. The van der Waals surface area contributed by atoms with Crippen LogP contribution < -0.4 is 0 Å². The SMILES string of the molecule is C[C@H](O)CN1CCN(CC[C@H](C)c2ccccc2)[C@@H](C)C1. The zero-order valence-electron chi connectivity index (χ0n) is 13.7. The van der Waals surface area contributed by atoms with Crippen LogP contribution in [0.15, 0.2) is 30.3 Å². The summed E-state index contributed by atoms with van der Waals surface area (Å²) in [5.41, 5.74) is 1.44. The fraction of sp³-hybridized carbons (Fsp3) is 0.667. The van der Waals surface area contributed by atoms with E-state index in [-0.39, 0.29) is 6.10 Å². The van der Waals surface area contributed by atoms with Gasteiger partial charge in [-0.25, -0.2) is 0 Å². The van der Waals surface area contributed by atoms with E-state index in [0.717, 1.165) is 26.2 Å². The van der Waals surface area contributed by atoms with Crippen molar-refractivity contribution in [1.82, 2.24) is 9.80 Å². The molecule has 3 atom stereocenters. The summed E-state index contributed by atoms with van der Waals surface area (Å²) in [6.07, 6.45) is 0.993. The van der Waals surface area contributed by atoms with Crippen LogP contribution in [0, 0.1) is 0 Å². The van der Waals surface area contributed by atoms with E-state index in [4.69, 9.17) is 0 Å². The summed E-state index contributed by atoms with van der Waals surface area (Å²) in [7, 11) is 0. The van der Waals surface area contributed by atoms with Crippen molar-refractivity contribution in [3.05, 3.63) is 35.9 Å². The Balaban J connectivity index is 1.77. The number of aliphatic hydroxyl groups is 1. The number of benzene rings is 1. The van der Waals surface area contributed by atoms with E-state index in [1.165, 1.54) is 18.5 Å². The van der Waals surface area contributed by atoms with E-state index in [0.29, 0.717) is 12.0 Å². The van der Waals surface area contributed by atoms with Gasteiger partial charge in [0.2, 0.25) is 0 Å². The predicted molar refractivity (Wildman–Crippen MR) is 88.6 cm³/mol. The molecule has 1 aromatic rings. The van der Waals surface area contributed by atoms with Gasteiger partial charge in [0.25, 0.3) is 0 Å². The van der Waals surface area contributed by atoms with E-state index in [2.05, 4.69) is 54.0 Å². The number of hydrogen-bond donors (Lipinski definition) is 1. The van der Waals surface area contributed by atoms with Gasteiger partial charge in [0, 0.05) is 32.2 Å². The van der Waals surface area contributed by atoms with Gasteiger partial charge < -0.3 is 5.11 Å². The molecule has 1 aromatic carbocycles. The van der Waals surface area contributed by atoms with Crippen molar-refractivity contribution in [1.29, 1.82) is 0 Å². The first-order valence-corrected chi connectivity index (χ1v) is 8.25. The monoisotopic (exact) mass is 290 g/mol. The maximum atomic E-state index is 9.50. The van der Waals surface area contributed by atoms with Crippen molar-refractivity contribution in [2.75, 3.05) is 32.7 Å². The molecular formula is C18H30N2O. The van der Waals surface area contributed by atoms with E-state index in [1.807, 2.05) is 6.92 Å². The highest BCUT2D eigenvalue weighted by Gasteiger charge is 2.24. The predicted octanol–water partition coefficient (Wildman–Crippen LogP) is 2.57. The Morgan fingerprint density at radius 3 is 2.52 bits per heavy atom. The molecule has 0 bridgehead atoms. The Kier molecular flexibility index (Phi) is 6.22. The average Bonchev–Trinajstić information content (AvgIpc) is 2.46. The summed E-state index contributed by atoms with van der Waals surface area (Å²) in [6.45, 7) is 11.7. The third kappa shape index (κ3) is 5.10. The molecule has 0 amide bonds. The molecule has 0 spiro atoms. The van der Waals surface area contributed by atoms with Crippen LogP contribution in [0.4, 0.5) is 0 Å². The maximum absolute atomic E-state index is 9.50. The summed E-state index contributed by atoms with van der Waals surface area (Å²) in [5.74, 6) is 0.619. The van der Waals surface area contributed by atoms with Crippen LogP contribution >= 0.6 is 0 Å². The van der Waals surface area contributed by atoms with Gasteiger partial charge in [-0.3, -0.25) is 9.80 Å². The first-order chi connectivity index (χ1) is 10.1. The molecule has 118 valence electrons. The molecule has 1 saturated heterocycles. The summed E-state index contributed by atoms with van der Waals surface area (Å²) >= 11 is 0. The van der Waals surface area contributed by atoms with Gasteiger partial charge >= 0.3 is 0 Å². The highest BCUT2D eigenvalue weighted by molar-refractivity contribution is 5.18. The number of aliphatic hydroxyl groups excluding tert-OH is 1. The Bertz CT molecular complexity index is 407. The van der Waals surface area contributed by atoms with E-state index >= 15 is 0 Å². The van der Waals surface area contributed by atoms with E-state index < -0.39 is 0 Å². The molecular weight excluding hydrogens is 260 g/mol. The lowest BCUT2D eigenvalue weighted by molar-refractivity contribution is 0.0499. The van der Waals surface area contributed by atoms with Gasteiger partial charge in [-0.1, -0.05) is 37.3 Å². The first-order valence-electron chi connectivity index (χ1n) is 8.25. The lowest BCUT2D eigenvalue weighted by Gasteiger charge is -2.40. The number of nitrogens with zero attached hydrogens (tertiary/aromatic N) is 2. The quantitative estimate of drug-likeness (QED) is 0.872. The first kappa shape index (κ1) is 16.5. The molecule has 0 saturated carbocycles.